The molecule has 0 unspecified atom stereocenters. The number of nitrogens with one attached hydrogen (secondary N) is 1. The van der Waals surface area contributed by atoms with Gasteiger partial charge in [0.1, 0.15) is 0 Å². The molecule has 78 valence electrons. The molecule has 0 spiro atoms. The minimum Gasteiger partial charge on any atom is -0.296 e. The standard InChI is InChI=1S/C11H12N2O2/c1-11(8-3-2-4-12-7-8)5-9(14)13-10(15)6-11/h2-4,7H,5-6H2,1H3,(H,13,14,15). The zero-order chi connectivity index (χ0) is 10.9. The van der Waals surface area contributed by atoms with Crippen molar-refractivity contribution in [3.05, 3.63) is 30.1 Å². The fourth-order valence-corrected chi connectivity index (χ4v) is 1.94. The van der Waals surface area contributed by atoms with Crippen LogP contribution in [0.4, 0.5) is 0 Å². The Morgan fingerprint density at radius 1 is 1.33 bits per heavy atom. The first-order valence-electron chi connectivity index (χ1n) is 4.83. The number of aromatic nitrogens is 1. The summed E-state index contributed by atoms with van der Waals surface area (Å²) in [5.41, 5.74) is 0.529. The number of nitrogens with zero attached hydrogens (tertiary/aromatic N) is 1. The van der Waals surface area contributed by atoms with Gasteiger partial charge in [-0.25, -0.2) is 0 Å². The summed E-state index contributed by atoms with van der Waals surface area (Å²) in [4.78, 5) is 26.6. The maximum atomic E-state index is 11.3. The van der Waals surface area contributed by atoms with E-state index in [1.54, 1.807) is 12.4 Å². The van der Waals surface area contributed by atoms with Gasteiger partial charge >= 0.3 is 0 Å². The molecule has 2 heterocycles. The molecule has 0 bridgehead atoms. The van der Waals surface area contributed by atoms with Gasteiger partial charge in [0.2, 0.25) is 11.8 Å². The zero-order valence-corrected chi connectivity index (χ0v) is 8.49. The quantitative estimate of drug-likeness (QED) is 0.687. The van der Waals surface area contributed by atoms with Crippen LogP contribution in [0.25, 0.3) is 0 Å². The van der Waals surface area contributed by atoms with Crippen LogP contribution in [0, 0.1) is 0 Å². The lowest BCUT2D eigenvalue weighted by atomic mass is 9.75. The number of amides is 2. The predicted octanol–water partition coefficient (Wildman–Crippen LogP) is 0.776. The van der Waals surface area contributed by atoms with Crippen molar-refractivity contribution in [1.29, 1.82) is 0 Å². The number of imide groups is 1. The lowest BCUT2D eigenvalue weighted by Crippen LogP contribution is -2.45. The molecular weight excluding hydrogens is 192 g/mol. The van der Waals surface area contributed by atoms with Gasteiger partial charge in [-0.1, -0.05) is 13.0 Å². The van der Waals surface area contributed by atoms with Gasteiger partial charge < -0.3 is 0 Å². The van der Waals surface area contributed by atoms with Gasteiger partial charge in [0, 0.05) is 30.7 Å². The molecule has 1 aromatic heterocycles. The first-order valence-corrected chi connectivity index (χ1v) is 4.83. The van der Waals surface area contributed by atoms with Crippen molar-refractivity contribution in [3.63, 3.8) is 0 Å². The second-order valence-electron chi connectivity index (χ2n) is 4.13. The minimum absolute atomic E-state index is 0.211. The Balaban J connectivity index is 2.34. The fourth-order valence-electron chi connectivity index (χ4n) is 1.94. The molecule has 1 fully saturated rings. The van der Waals surface area contributed by atoms with Crippen LogP contribution in [0.2, 0.25) is 0 Å². The van der Waals surface area contributed by atoms with Gasteiger partial charge in [0.15, 0.2) is 0 Å². The van der Waals surface area contributed by atoms with Crippen molar-refractivity contribution < 1.29 is 9.59 Å². The third kappa shape index (κ3) is 1.88. The van der Waals surface area contributed by atoms with Crippen LogP contribution in [-0.2, 0) is 15.0 Å². The molecule has 0 saturated carbocycles. The van der Waals surface area contributed by atoms with E-state index in [0.29, 0.717) is 12.8 Å². The average Bonchev–Trinajstić information content (AvgIpc) is 2.17. The summed E-state index contributed by atoms with van der Waals surface area (Å²) in [6.45, 7) is 1.92. The van der Waals surface area contributed by atoms with E-state index in [9.17, 15) is 9.59 Å². The van der Waals surface area contributed by atoms with Gasteiger partial charge in [-0.2, -0.15) is 0 Å². The summed E-state index contributed by atoms with van der Waals surface area (Å²) >= 11 is 0. The molecule has 2 rings (SSSR count). The second-order valence-corrected chi connectivity index (χ2v) is 4.13. The normalized spacial score (nSPS) is 19.8. The molecule has 2 amide bonds. The molecular formula is C11H12N2O2. The number of pyridine rings is 1. The Kier molecular flexibility index (Phi) is 2.26. The molecule has 1 aliphatic rings. The van der Waals surface area contributed by atoms with Crippen LogP contribution in [0.1, 0.15) is 25.3 Å². The van der Waals surface area contributed by atoms with E-state index in [1.807, 2.05) is 19.1 Å². The Bertz CT molecular complexity index is 384. The van der Waals surface area contributed by atoms with Crippen molar-refractivity contribution in [2.45, 2.75) is 25.2 Å². The SMILES string of the molecule is CC1(c2cccnc2)CC(=O)NC(=O)C1. The summed E-state index contributed by atoms with van der Waals surface area (Å²) in [6, 6.07) is 3.72. The van der Waals surface area contributed by atoms with Crippen molar-refractivity contribution in [2.24, 2.45) is 0 Å². The van der Waals surface area contributed by atoms with Gasteiger partial charge in [0.05, 0.1) is 0 Å². The lowest BCUT2D eigenvalue weighted by molar-refractivity contribution is -0.135. The van der Waals surface area contributed by atoms with E-state index in [4.69, 9.17) is 0 Å². The maximum Gasteiger partial charge on any atom is 0.227 e. The summed E-state index contributed by atoms with van der Waals surface area (Å²) in [6.07, 6.45) is 4.07. The first kappa shape index (κ1) is 9.83. The van der Waals surface area contributed by atoms with Crippen LogP contribution < -0.4 is 5.32 Å². The van der Waals surface area contributed by atoms with Gasteiger partial charge in [0.25, 0.3) is 0 Å². The molecule has 0 radical (unpaired) electrons. The van der Waals surface area contributed by atoms with Crippen molar-refractivity contribution in [3.8, 4) is 0 Å². The molecule has 0 aliphatic carbocycles. The van der Waals surface area contributed by atoms with E-state index >= 15 is 0 Å². The van der Waals surface area contributed by atoms with Crippen molar-refractivity contribution in [2.75, 3.05) is 0 Å². The Morgan fingerprint density at radius 2 is 2.00 bits per heavy atom. The molecule has 1 N–H and O–H groups in total. The molecule has 4 heteroatoms. The van der Waals surface area contributed by atoms with Crippen LogP contribution in [-0.4, -0.2) is 16.8 Å². The largest absolute Gasteiger partial charge is 0.296 e. The molecule has 0 atom stereocenters. The van der Waals surface area contributed by atoms with Crippen LogP contribution in [0.15, 0.2) is 24.5 Å². The number of piperidine rings is 1. The number of hydrogen-bond donors (Lipinski definition) is 1. The number of hydrogen-bond acceptors (Lipinski definition) is 3. The third-order valence-electron chi connectivity index (χ3n) is 2.74. The first-order chi connectivity index (χ1) is 7.10. The summed E-state index contributed by atoms with van der Waals surface area (Å²) in [7, 11) is 0. The van der Waals surface area contributed by atoms with Gasteiger partial charge in [-0.15, -0.1) is 0 Å². The summed E-state index contributed by atoms with van der Waals surface area (Å²) in [5.74, 6) is -0.421. The van der Waals surface area contributed by atoms with Gasteiger partial charge in [-0.05, 0) is 11.6 Å². The van der Waals surface area contributed by atoms with E-state index in [-0.39, 0.29) is 11.8 Å². The molecule has 15 heavy (non-hydrogen) atoms. The highest BCUT2D eigenvalue weighted by Crippen LogP contribution is 2.32. The number of carbonyl (C=O) groups excluding carboxylic acids is 2. The van der Waals surface area contributed by atoms with Crippen LogP contribution >= 0.6 is 0 Å². The fraction of sp³-hybridized carbons (Fsp3) is 0.364. The Morgan fingerprint density at radius 3 is 2.53 bits per heavy atom. The van der Waals surface area contributed by atoms with E-state index in [0.717, 1.165) is 5.56 Å². The molecule has 4 nitrogen and oxygen atoms in total. The average molecular weight is 204 g/mol. The van der Waals surface area contributed by atoms with Gasteiger partial charge in [-0.3, -0.25) is 19.9 Å². The highest BCUT2D eigenvalue weighted by Gasteiger charge is 2.37. The van der Waals surface area contributed by atoms with Crippen LogP contribution in [0.5, 0.6) is 0 Å². The smallest absolute Gasteiger partial charge is 0.227 e. The van der Waals surface area contributed by atoms with E-state index < -0.39 is 5.41 Å². The second kappa shape index (κ2) is 3.46. The topological polar surface area (TPSA) is 59.1 Å². The van der Waals surface area contributed by atoms with Crippen molar-refractivity contribution in [1.82, 2.24) is 10.3 Å². The number of rotatable bonds is 1. The zero-order valence-electron chi connectivity index (χ0n) is 8.49. The molecule has 1 aliphatic heterocycles. The molecule has 1 aromatic rings. The summed E-state index contributed by atoms with van der Waals surface area (Å²) in [5, 5.41) is 2.31. The number of carbonyl (C=O) groups is 2. The predicted molar refractivity (Wildman–Crippen MR) is 54.0 cm³/mol. The van der Waals surface area contributed by atoms with Crippen LogP contribution in [0.3, 0.4) is 0 Å². The van der Waals surface area contributed by atoms with Crippen molar-refractivity contribution >= 4 is 11.8 Å². The Labute approximate surface area is 87.7 Å². The van der Waals surface area contributed by atoms with E-state index in [1.165, 1.54) is 0 Å². The maximum absolute atomic E-state index is 11.3. The monoisotopic (exact) mass is 204 g/mol. The lowest BCUT2D eigenvalue weighted by Gasteiger charge is -2.32. The highest BCUT2D eigenvalue weighted by molar-refractivity contribution is 5.99. The molecule has 1 saturated heterocycles. The Hall–Kier alpha value is -1.71. The summed E-state index contributed by atoms with van der Waals surface area (Å²) < 4.78 is 0. The minimum atomic E-state index is -0.409. The van der Waals surface area contributed by atoms with E-state index in [2.05, 4.69) is 10.3 Å². The third-order valence-corrected chi connectivity index (χ3v) is 2.74. The highest BCUT2D eigenvalue weighted by atomic mass is 16.2. The molecule has 0 aromatic carbocycles.